The molecule has 1 aromatic carbocycles. The first kappa shape index (κ1) is 12.5. The van der Waals surface area contributed by atoms with Gasteiger partial charge in [0.1, 0.15) is 0 Å². The molecule has 3 nitrogen and oxygen atoms in total. The van der Waals surface area contributed by atoms with Gasteiger partial charge in [-0.15, -0.1) is 0 Å². The molecule has 19 heavy (non-hydrogen) atoms. The van der Waals surface area contributed by atoms with E-state index in [1.165, 1.54) is 25.7 Å². The number of carbonyl (C=O) groups is 1. The van der Waals surface area contributed by atoms with Crippen molar-refractivity contribution in [3.05, 3.63) is 28.8 Å². The third-order valence-electron chi connectivity index (χ3n) is 4.96. The van der Waals surface area contributed by atoms with E-state index in [0.717, 1.165) is 29.9 Å². The molecular formula is C16H21NO2. The summed E-state index contributed by atoms with van der Waals surface area (Å²) in [7, 11) is 0. The fourth-order valence-electron chi connectivity index (χ4n) is 3.63. The van der Waals surface area contributed by atoms with Crippen LogP contribution in [0.25, 0.3) is 0 Å². The SMILES string of the molecule is Cc1cc(N2CC3(CCCC3)C2)cc(C(=O)O)c1C. The van der Waals surface area contributed by atoms with Crippen LogP contribution >= 0.6 is 0 Å². The first-order valence-corrected chi connectivity index (χ1v) is 7.10. The highest BCUT2D eigenvalue weighted by Gasteiger charge is 2.44. The highest BCUT2D eigenvalue weighted by atomic mass is 16.4. The van der Waals surface area contributed by atoms with Gasteiger partial charge in [0.2, 0.25) is 0 Å². The lowest BCUT2D eigenvalue weighted by atomic mass is 9.78. The Morgan fingerprint density at radius 1 is 1.21 bits per heavy atom. The van der Waals surface area contributed by atoms with Crippen LogP contribution in [0.1, 0.15) is 47.2 Å². The van der Waals surface area contributed by atoms with Crippen LogP contribution in [-0.2, 0) is 0 Å². The van der Waals surface area contributed by atoms with Gasteiger partial charge in [0, 0.05) is 24.2 Å². The molecule has 1 heterocycles. The lowest BCUT2D eigenvalue weighted by Crippen LogP contribution is -2.55. The number of nitrogens with zero attached hydrogens (tertiary/aromatic N) is 1. The number of carboxylic acid groups (broad SMARTS) is 1. The van der Waals surface area contributed by atoms with E-state index in [2.05, 4.69) is 11.0 Å². The van der Waals surface area contributed by atoms with E-state index in [-0.39, 0.29) is 0 Å². The summed E-state index contributed by atoms with van der Waals surface area (Å²) < 4.78 is 0. The van der Waals surface area contributed by atoms with E-state index in [4.69, 9.17) is 0 Å². The Kier molecular flexibility index (Phi) is 2.80. The largest absolute Gasteiger partial charge is 0.478 e. The van der Waals surface area contributed by atoms with Gasteiger partial charge in [0.15, 0.2) is 0 Å². The molecule has 2 aliphatic rings. The third kappa shape index (κ3) is 2.01. The Bertz CT molecular complexity index is 522. The smallest absolute Gasteiger partial charge is 0.336 e. The number of rotatable bonds is 2. The Labute approximate surface area is 114 Å². The molecule has 1 spiro atoms. The van der Waals surface area contributed by atoms with Gasteiger partial charge in [-0.1, -0.05) is 12.8 Å². The van der Waals surface area contributed by atoms with Gasteiger partial charge in [-0.25, -0.2) is 4.79 Å². The minimum Gasteiger partial charge on any atom is -0.478 e. The molecule has 3 rings (SSSR count). The summed E-state index contributed by atoms with van der Waals surface area (Å²) in [5, 5.41) is 9.27. The van der Waals surface area contributed by atoms with Crippen LogP contribution in [0.5, 0.6) is 0 Å². The van der Waals surface area contributed by atoms with Crippen molar-refractivity contribution in [3.8, 4) is 0 Å². The highest BCUT2D eigenvalue weighted by molar-refractivity contribution is 5.91. The minimum atomic E-state index is -0.821. The lowest BCUT2D eigenvalue weighted by Gasteiger charge is -2.50. The molecule has 0 atom stereocenters. The van der Waals surface area contributed by atoms with Crippen molar-refractivity contribution in [3.63, 3.8) is 0 Å². The molecule has 0 bridgehead atoms. The Hall–Kier alpha value is -1.51. The number of aryl methyl sites for hydroxylation is 1. The van der Waals surface area contributed by atoms with E-state index < -0.39 is 5.97 Å². The number of hydrogen-bond donors (Lipinski definition) is 1. The molecule has 1 saturated carbocycles. The zero-order valence-electron chi connectivity index (χ0n) is 11.7. The predicted molar refractivity (Wildman–Crippen MR) is 76.0 cm³/mol. The molecule has 1 saturated heterocycles. The maximum absolute atomic E-state index is 11.3. The Balaban J connectivity index is 1.84. The van der Waals surface area contributed by atoms with Crippen molar-refractivity contribution >= 4 is 11.7 Å². The molecule has 1 aliphatic carbocycles. The van der Waals surface area contributed by atoms with E-state index in [1.807, 2.05) is 19.9 Å². The van der Waals surface area contributed by atoms with Gasteiger partial charge in [-0.3, -0.25) is 0 Å². The van der Waals surface area contributed by atoms with Crippen molar-refractivity contribution in [1.82, 2.24) is 0 Å². The zero-order valence-corrected chi connectivity index (χ0v) is 11.7. The van der Waals surface area contributed by atoms with Gasteiger partial charge < -0.3 is 10.0 Å². The fourth-order valence-corrected chi connectivity index (χ4v) is 3.63. The summed E-state index contributed by atoms with van der Waals surface area (Å²) in [6.07, 6.45) is 5.42. The predicted octanol–water partition coefficient (Wildman–Crippen LogP) is 3.38. The Morgan fingerprint density at radius 3 is 2.42 bits per heavy atom. The van der Waals surface area contributed by atoms with Gasteiger partial charge in [0.25, 0.3) is 0 Å². The van der Waals surface area contributed by atoms with E-state index in [0.29, 0.717) is 11.0 Å². The molecule has 3 heteroatoms. The van der Waals surface area contributed by atoms with Crippen molar-refractivity contribution < 1.29 is 9.90 Å². The van der Waals surface area contributed by atoms with Crippen molar-refractivity contribution in [1.29, 1.82) is 0 Å². The monoisotopic (exact) mass is 259 g/mol. The summed E-state index contributed by atoms with van der Waals surface area (Å²) in [5.41, 5.74) is 4.03. The lowest BCUT2D eigenvalue weighted by molar-refractivity contribution is 0.0696. The van der Waals surface area contributed by atoms with Gasteiger partial charge in [-0.05, 0) is 49.9 Å². The molecule has 0 amide bonds. The number of hydrogen-bond acceptors (Lipinski definition) is 2. The van der Waals surface area contributed by atoms with Crippen LogP contribution in [0.2, 0.25) is 0 Å². The maximum Gasteiger partial charge on any atom is 0.336 e. The summed E-state index contributed by atoms with van der Waals surface area (Å²) in [4.78, 5) is 13.6. The molecule has 2 fully saturated rings. The maximum atomic E-state index is 11.3. The van der Waals surface area contributed by atoms with Crippen LogP contribution in [0.4, 0.5) is 5.69 Å². The minimum absolute atomic E-state index is 0.447. The standard InChI is InChI=1S/C16H21NO2/c1-11-7-13(8-14(12(11)2)15(18)19)17-9-16(10-17)5-3-4-6-16/h7-8H,3-6,9-10H2,1-2H3,(H,18,19). The van der Waals surface area contributed by atoms with Crippen molar-refractivity contribution in [2.24, 2.45) is 5.41 Å². The first-order valence-electron chi connectivity index (χ1n) is 7.10. The van der Waals surface area contributed by atoms with Gasteiger partial charge in [-0.2, -0.15) is 0 Å². The quantitative estimate of drug-likeness (QED) is 0.885. The fraction of sp³-hybridized carbons (Fsp3) is 0.562. The average molecular weight is 259 g/mol. The molecular weight excluding hydrogens is 238 g/mol. The second-order valence-electron chi connectivity index (χ2n) is 6.30. The third-order valence-corrected chi connectivity index (χ3v) is 4.96. The molecule has 0 radical (unpaired) electrons. The number of benzene rings is 1. The zero-order chi connectivity index (χ0) is 13.6. The second-order valence-corrected chi connectivity index (χ2v) is 6.30. The topological polar surface area (TPSA) is 40.5 Å². The molecule has 1 N–H and O–H groups in total. The second kappa shape index (κ2) is 4.26. The summed E-state index contributed by atoms with van der Waals surface area (Å²) in [6, 6.07) is 3.97. The van der Waals surface area contributed by atoms with Crippen molar-refractivity contribution in [2.75, 3.05) is 18.0 Å². The van der Waals surface area contributed by atoms with Crippen LogP contribution < -0.4 is 4.90 Å². The number of aromatic carboxylic acids is 1. The molecule has 102 valence electrons. The highest BCUT2D eigenvalue weighted by Crippen LogP contribution is 2.47. The van der Waals surface area contributed by atoms with Gasteiger partial charge >= 0.3 is 5.97 Å². The normalized spacial score (nSPS) is 20.6. The molecule has 0 unspecified atom stereocenters. The van der Waals surface area contributed by atoms with Crippen LogP contribution in [-0.4, -0.2) is 24.2 Å². The van der Waals surface area contributed by atoms with Crippen molar-refractivity contribution in [2.45, 2.75) is 39.5 Å². The Morgan fingerprint density at radius 2 is 1.84 bits per heavy atom. The van der Waals surface area contributed by atoms with Crippen LogP contribution in [0.3, 0.4) is 0 Å². The summed E-state index contributed by atoms with van der Waals surface area (Å²) in [5.74, 6) is -0.821. The van der Waals surface area contributed by atoms with Crippen LogP contribution in [0, 0.1) is 19.3 Å². The van der Waals surface area contributed by atoms with E-state index in [1.54, 1.807) is 0 Å². The summed E-state index contributed by atoms with van der Waals surface area (Å²) >= 11 is 0. The first-order chi connectivity index (χ1) is 9.01. The van der Waals surface area contributed by atoms with E-state index in [9.17, 15) is 9.90 Å². The molecule has 1 aromatic rings. The number of anilines is 1. The van der Waals surface area contributed by atoms with E-state index >= 15 is 0 Å². The molecule has 1 aliphatic heterocycles. The van der Waals surface area contributed by atoms with Crippen LogP contribution in [0.15, 0.2) is 12.1 Å². The average Bonchev–Trinajstić information content (AvgIpc) is 2.79. The summed E-state index contributed by atoms with van der Waals surface area (Å²) in [6.45, 7) is 6.09. The number of carboxylic acids is 1. The molecule has 0 aromatic heterocycles. The van der Waals surface area contributed by atoms with Gasteiger partial charge in [0.05, 0.1) is 5.56 Å².